The van der Waals surface area contributed by atoms with Gasteiger partial charge in [0.2, 0.25) is 5.91 Å². The fraction of sp³-hybridized carbons (Fsp3) is 0.682. The second kappa shape index (κ2) is 7.70. The molecular formula is C22H32N2O3. The lowest BCUT2D eigenvalue weighted by Gasteiger charge is -2.40. The minimum Gasteiger partial charge on any atom is -0.493 e. The van der Waals surface area contributed by atoms with Gasteiger partial charge in [-0.25, -0.2) is 0 Å². The molecule has 5 nitrogen and oxygen atoms in total. The number of rotatable bonds is 5. The average Bonchev–Trinajstić information content (AvgIpc) is 3.36. The quantitative estimate of drug-likeness (QED) is 0.794. The molecule has 0 aromatic heterocycles. The molecule has 4 rings (SSSR count). The van der Waals surface area contributed by atoms with Gasteiger partial charge in [0.25, 0.3) is 0 Å². The fourth-order valence-electron chi connectivity index (χ4n) is 5.45. The number of ether oxygens (including phenoxy) is 2. The van der Waals surface area contributed by atoms with E-state index in [4.69, 9.17) is 9.47 Å². The van der Waals surface area contributed by atoms with E-state index in [0.717, 1.165) is 56.0 Å². The van der Waals surface area contributed by atoms with Gasteiger partial charge in [-0.3, -0.25) is 9.69 Å². The maximum Gasteiger partial charge on any atom is 0.230 e. The summed E-state index contributed by atoms with van der Waals surface area (Å²) in [5.41, 5.74) is 0.861. The molecule has 1 aromatic rings. The van der Waals surface area contributed by atoms with Crippen LogP contribution in [0.1, 0.15) is 50.5 Å². The molecule has 1 saturated carbocycles. The lowest BCUT2D eigenvalue weighted by molar-refractivity contribution is -0.146. The largest absolute Gasteiger partial charge is 0.493 e. The number of piperidine rings is 1. The monoisotopic (exact) mass is 372 g/mol. The van der Waals surface area contributed by atoms with Gasteiger partial charge in [-0.15, -0.1) is 0 Å². The molecule has 1 amide bonds. The summed E-state index contributed by atoms with van der Waals surface area (Å²) in [6.07, 6.45) is 8.49. The number of para-hydroxylation sites is 1. The van der Waals surface area contributed by atoms with Crippen molar-refractivity contribution in [3.8, 4) is 11.5 Å². The Morgan fingerprint density at radius 1 is 1.07 bits per heavy atom. The molecule has 1 aromatic carbocycles. The van der Waals surface area contributed by atoms with E-state index in [1.807, 2.05) is 18.2 Å². The summed E-state index contributed by atoms with van der Waals surface area (Å²) in [4.78, 5) is 18.2. The molecule has 2 heterocycles. The first-order valence-corrected chi connectivity index (χ1v) is 10.4. The normalized spacial score (nSPS) is 26.9. The summed E-state index contributed by atoms with van der Waals surface area (Å²) >= 11 is 0. The number of benzene rings is 1. The van der Waals surface area contributed by atoms with Crippen LogP contribution in [-0.2, 0) is 11.3 Å². The van der Waals surface area contributed by atoms with E-state index in [-0.39, 0.29) is 5.41 Å². The average molecular weight is 373 g/mol. The highest BCUT2D eigenvalue weighted by Gasteiger charge is 2.49. The van der Waals surface area contributed by atoms with Crippen molar-refractivity contribution in [1.82, 2.24) is 9.80 Å². The van der Waals surface area contributed by atoms with E-state index in [1.165, 1.54) is 25.7 Å². The van der Waals surface area contributed by atoms with Crippen molar-refractivity contribution in [2.45, 2.75) is 57.5 Å². The van der Waals surface area contributed by atoms with Crippen molar-refractivity contribution in [3.63, 3.8) is 0 Å². The van der Waals surface area contributed by atoms with Gasteiger partial charge in [0.05, 0.1) is 19.6 Å². The van der Waals surface area contributed by atoms with E-state index in [2.05, 4.69) is 9.80 Å². The molecule has 0 bridgehead atoms. The molecule has 148 valence electrons. The molecule has 5 heteroatoms. The summed E-state index contributed by atoms with van der Waals surface area (Å²) in [7, 11) is 3.32. The van der Waals surface area contributed by atoms with E-state index in [0.29, 0.717) is 18.5 Å². The van der Waals surface area contributed by atoms with Gasteiger partial charge in [0, 0.05) is 31.2 Å². The summed E-state index contributed by atoms with van der Waals surface area (Å²) in [6.45, 7) is 3.49. The highest BCUT2D eigenvalue weighted by molar-refractivity contribution is 5.84. The van der Waals surface area contributed by atoms with Gasteiger partial charge in [0.1, 0.15) is 0 Å². The molecule has 1 unspecified atom stereocenters. The van der Waals surface area contributed by atoms with Crippen LogP contribution in [0.5, 0.6) is 11.5 Å². The molecule has 2 saturated heterocycles. The summed E-state index contributed by atoms with van der Waals surface area (Å²) in [5, 5.41) is 0. The standard InChI is InChI=1S/C22H32N2O3/c1-26-19-10-5-7-17(20(19)27-2)15-23-13-6-11-22(21(23)25)12-14-24(16-22)18-8-3-4-9-18/h5,7,10,18H,3-4,6,8-9,11-16H2,1-2H3. The number of carbonyl (C=O) groups is 1. The molecule has 0 N–H and O–H groups in total. The number of likely N-dealkylation sites (tertiary alicyclic amines) is 2. The van der Waals surface area contributed by atoms with E-state index in [9.17, 15) is 4.79 Å². The smallest absolute Gasteiger partial charge is 0.230 e. The Kier molecular flexibility index (Phi) is 5.31. The van der Waals surface area contributed by atoms with Crippen molar-refractivity contribution in [2.24, 2.45) is 5.41 Å². The Morgan fingerprint density at radius 3 is 2.63 bits per heavy atom. The molecule has 3 aliphatic rings. The third-order valence-electron chi connectivity index (χ3n) is 6.89. The van der Waals surface area contributed by atoms with E-state index in [1.54, 1.807) is 14.2 Å². The molecule has 1 atom stereocenters. The minimum absolute atomic E-state index is 0.160. The molecule has 1 spiro atoms. The predicted octanol–water partition coefficient (Wildman–Crippen LogP) is 3.46. The van der Waals surface area contributed by atoms with Crippen LogP contribution >= 0.6 is 0 Å². The van der Waals surface area contributed by atoms with Gasteiger partial charge in [-0.1, -0.05) is 25.0 Å². The molecule has 3 fully saturated rings. The first-order valence-electron chi connectivity index (χ1n) is 10.4. The lowest BCUT2D eigenvalue weighted by Crippen LogP contribution is -2.50. The van der Waals surface area contributed by atoms with Crippen molar-refractivity contribution >= 4 is 5.91 Å². The van der Waals surface area contributed by atoms with E-state index >= 15 is 0 Å². The number of carbonyl (C=O) groups excluding carboxylic acids is 1. The molecule has 27 heavy (non-hydrogen) atoms. The zero-order chi connectivity index (χ0) is 18.9. The number of hydrogen-bond donors (Lipinski definition) is 0. The van der Waals surface area contributed by atoms with Gasteiger partial charge in [0.15, 0.2) is 11.5 Å². The number of nitrogens with zero attached hydrogens (tertiary/aromatic N) is 2. The second-order valence-electron chi connectivity index (χ2n) is 8.42. The Hall–Kier alpha value is -1.75. The van der Waals surface area contributed by atoms with Crippen molar-refractivity contribution in [3.05, 3.63) is 23.8 Å². The Morgan fingerprint density at radius 2 is 1.89 bits per heavy atom. The summed E-state index contributed by atoms with van der Waals surface area (Å²) < 4.78 is 11.0. The Balaban J connectivity index is 1.50. The molecule has 1 aliphatic carbocycles. The maximum atomic E-state index is 13.5. The van der Waals surface area contributed by atoms with Crippen molar-refractivity contribution in [1.29, 1.82) is 0 Å². The molecule has 0 radical (unpaired) electrons. The highest BCUT2D eigenvalue weighted by atomic mass is 16.5. The van der Waals surface area contributed by atoms with Crippen LogP contribution in [0.25, 0.3) is 0 Å². The van der Waals surface area contributed by atoms with Crippen molar-refractivity contribution < 1.29 is 14.3 Å². The van der Waals surface area contributed by atoms with Crippen LogP contribution in [0.3, 0.4) is 0 Å². The number of hydrogen-bond acceptors (Lipinski definition) is 4. The van der Waals surface area contributed by atoms with Crippen LogP contribution in [0.15, 0.2) is 18.2 Å². The van der Waals surface area contributed by atoms with Gasteiger partial charge >= 0.3 is 0 Å². The Labute approximate surface area is 162 Å². The van der Waals surface area contributed by atoms with Crippen molar-refractivity contribution in [2.75, 3.05) is 33.9 Å². The van der Waals surface area contributed by atoms with Crippen LogP contribution in [0.2, 0.25) is 0 Å². The van der Waals surface area contributed by atoms with Crippen LogP contribution in [0.4, 0.5) is 0 Å². The SMILES string of the molecule is COc1cccc(CN2CCCC3(CCN(C4CCCC4)C3)C2=O)c1OC. The zero-order valence-corrected chi connectivity index (χ0v) is 16.7. The van der Waals surface area contributed by atoms with Gasteiger partial charge in [-0.2, -0.15) is 0 Å². The third kappa shape index (κ3) is 3.42. The first-order chi connectivity index (χ1) is 13.2. The molecular weight excluding hydrogens is 340 g/mol. The predicted molar refractivity (Wildman–Crippen MR) is 105 cm³/mol. The number of methoxy groups -OCH3 is 2. The van der Waals surface area contributed by atoms with Crippen LogP contribution in [-0.4, -0.2) is 55.6 Å². The zero-order valence-electron chi connectivity index (χ0n) is 16.7. The molecule has 2 aliphatic heterocycles. The third-order valence-corrected chi connectivity index (χ3v) is 6.89. The van der Waals surface area contributed by atoms with E-state index < -0.39 is 0 Å². The van der Waals surface area contributed by atoms with Crippen LogP contribution < -0.4 is 9.47 Å². The van der Waals surface area contributed by atoms with Gasteiger partial charge in [-0.05, 0) is 44.7 Å². The fourth-order valence-corrected chi connectivity index (χ4v) is 5.45. The number of amides is 1. The maximum absolute atomic E-state index is 13.5. The Bertz CT molecular complexity index is 686. The van der Waals surface area contributed by atoms with Gasteiger partial charge < -0.3 is 14.4 Å². The lowest BCUT2D eigenvalue weighted by atomic mass is 9.78. The second-order valence-corrected chi connectivity index (χ2v) is 8.42. The summed E-state index contributed by atoms with van der Waals surface area (Å²) in [5.74, 6) is 1.81. The minimum atomic E-state index is -0.160. The topological polar surface area (TPSA) is 42.0 Å². The summed E-state index contributed by atoms with van der Waals surface area (Å²) in [6, 6.07) is 6.62. The highest BCUT2D eigenvalue weighted by Crippen LogP contribution is 2.43. The first kappa shape index (κ1) is 18.6. The van der Waals surface area contributed by atoms with Crippen LogP contribution in [0, 0.1) is 5.41 Å².